The zero-order valence-electron chi connectivity index (χ0n) is 14.8. The van der Waals surface area contributed by atoms with Crippen molar-refractivity contribution in [3.8, 4) is 5.75 Å². The van der Waals surface area contributed by atoms with Crippen LogP contribution in [0.1, 0.15) is 12.5 Å². The molecule has 9 heteroatoms. The summed E-state index contributed by atoms with van der Waals surface area (Å²) in [6, 6.07) is 8.21. The molecule has 1 heterocycles. The molecule has 0 aliphatic rings. The van der Waals surface area contributed by atoms with Crippen molar-refractivity contribution in [2.75, 3.05) is 13.2 Å². The van der Waals surface area contributed by atoms with Gasteiger partial charge >= 0.3 is 11.7 Å². The number of hydrogen-bond donors (Lipinski definition) is 3. The maximum atomic E-state index is 12.0. The molecule has 0 bridgehead atoms. The summed E-state index contributed by atoms with van der Waals surface area (Å²) in [5, 5.41) is 11.9. The van der Waals surface area contributed by atoms with Crippen LogP contribution in [0.4, 0.5) is 0 Å². The van der Waals surface area contributed by atoms with E-state index in [1.807, 2.05) is 11.9 Å². The molecule has 0 saturated carbocycles. The highest BCUT2D eigenvalue weighted by atomic mass is 16.5. The molecule has 1 aromatic heterocycles. The normalized spacial score (nSPS) is 11.6. The van der Waals surface area contributed by atoms with Gasteiger partial charge in [-0.15, -0.1) is 0 Å². The molecular weight excluding hydrogens is 354 g/mol. The van der Waals surface area contributed by atoms with Gasteiger partial charge in [0, 0.05) is 18.8 Å². The van der Waals surface area contributed by atoms with Gasteiger partial charge in [0.1, 0.15) is 12.3 Å². The van der Waals surface area contributed by atoms with E-state index in [1.54, 1.807) is 24.3 Å². The lowest BCUT2D eigenvalue weighted by Gasteiger charge is -2.14. The Hall–Kier alpha value is -3.36. The van der Waals surface area contributed by atoms with Crippen LogP contribution in [0.2, 0.25) is 0 Å². The molecule has 2 aromatic rings. The number of benzene rings is 1. The van der Waals surface area contributed by atoms with Crippen molar-refractivity contribution in [1.82, 2.24) is 14.9 Å². The summed E-state index contributed by atoms with van der Waals surface area (Å²) in [7, 11) is 0. The Balaban J connectivity index is 1.93. The van der Waals surface area contributed by atoms with Crippen LogP contribution >= 0.6 is 0 Å². The zero-order valence-corrected chi connectivity index (χ0v) is 14.8. The van der Waals surface area contributed by atoms with Gasteiger partial charge in [0.25, 0.3) is 5.56 Å². The summed E-state index contributed by atoms with van der Waals surface area (Å²) in [4.78, 5) is 48.0. The fourth-order valence-electron chi connectivity index (χ4n) is 2.44. The lowest BCUT2D eigenvalue weighted by Crippen LogP contribution is -2.39. The Labute approximate surface area is 154 Å². The smallest absolute Gasteiger partial charge is 0.328 e. The molecule has 3 N–H and O–H groups in total. The highest BCUT2D eigenvalue weighted by Gasteiger charge is 2.19. The second-order valence-electron chi connectivity index (χ2n) is 5.86. The molecule has 0 spiro atoms. The number of H-pyrrole nitrogens is 1. The Morgan fingerprint density at radius 3 is 2.52 bits per heavy atom. The summed E-state index contributed by atoms with van der Waals surface area (Å²) in [6.45, 7) is 2.02. The van der Waals surface area contributed by atoms with Crippen molar-refractivity contribution >= 4 is 11.9 Å². The first-order valence-corrected chi connectivity index (χ1v) is 8.40. The number of ether oxygens (including phenoxy) is 1. The molecule has 144 valence electrons. The molecular formula is C18H21N3O6. The third-order valence-electron chi connectivity index (χ3n) is 3.82. The van der Waals surface area contributed by atoms with Crippen LogP contribution in [0, 0.1) is 5.92 Å². The molecule has 1 unspecified atom stereocenters. The Morgan fingerprint density at radius 2 is 1.93 bits per heavy atom. The lowest BCUT2D eigenvalue weighted by molar-refractivity contribution is -0.141. The summed E-state index contributed by atoms with van der Waals surface area (Å²) in [5.41, 5.74) is -0.461. The van der Waals surface area contributed by atoms with Crippen LogP contribution in [0.15, 0.2) is 46.1 Å². The van der Waals surface area contributed by atoms with E-state index in [9.17, 15) is 24.3 Å². The molecule has 1 amide bonds. The van der Waals surface area contributed by atoms with Crippen LogP contribution in [-0.2, 0) is 22.6 Å². The summed E-state index contributed by atoms with van der Waals surface area (Å²) in [5.74, 6) is -1.68. The number of aromatic amines is 1. The van der Waals surface area contributed by atoms with E-state index in [0.29, 0.717) is 12.4 Å². The summed E-state index contributed by atoms with van der Waals surface area (Å²) in [6.07, 6.45) is 1.44. The average Bonchev–Trinajstić information content (AvgIpc) is 2.62. The van der Waals surface area contributed by atoms with Crippen LogP contribution < -0.4 is 21.3 Å². The number of rotatable bonds is 9. The third kappa shape index (κ3) is 6.14. The van der Waals surface area contributed by atoms with Gasteiger partial charge in [-0.3, -0.25) is 23.9 Å². The van der Waals surface area contributed by atoms with Gasteiger partial charge in [0.15, 0.2) is 0 Å². The van der Waals surface area contributed by atoms with E-state index in [-0.39, 0.29) is 19.5 Å². The van der Waals surface area contributed by atoms with Gasteiger partial charge in [-0.25, -0.2) is 4.79 Å². The highest BCUT2D eigenvalue weighted by molar-refractivity contribution is 5.77. The summed E-state index contributed by atoms with van der Waals surface area (Å²) < 4.78 is 6.37. The maximum absolute atomic E-state index is 12.0. The number of carboxylic acids is 1. The molecule has 0 aliphatic heterocycles. The molecule has 0 fully saturated rings. The van der Waals surface area contributed by atoms with Gasteiger partial charge in [-0.1, -0.05) is 12.1 Å². The molecule has 1 atom stereocenters. The minimum atomic E-state index is -1.04. The van der Waals surface area contributed by atoms with Crippen molar-refractivity contribution < 1.29 is 19.4 Å². The first kappa shape index (κ1) is 20.0. The maximum Gasteiger partial charge on any atom is 0.328 e. The van der Waals surface area contributed by atoms with E-state index < -0.39 is 29.0 Å². The van der Waals surface area contributed by atoms with Crippen molar-refractivity contribution in [1.29, 1.82) is 0 Å². The SMILES string of the molecule is CCOc1ccc(CC(CNC(=O)Cn2ccc(=O)[nH]c2=O)C(=O)O)cc1. The van der Waals surface area contributed by atoms with Crippen LogP contribution in [0.3, 0.4) is 0 Å². The molecule has 0 radical (unpaired) electrons. The third-order valence-corrected chi connectivity index (χ3v) is 3.82. The van der Waals surface area contributed by atoms with Crippen LogP contribution in [0.5, 0.6) is 5.75 Å². The van der Waals surface area contributed by atoms with Crippen molar-refractivity contribution in [3.05, 3.63) is 62.9 Å². The number of nitrogens with zero attached hydrogens (tertiary/aromatic N) is 1. The van der Waals surface area contributed by atoms with Gasteiger partial charge in [0.05, 0.1) is 12.5 Å². The van der Waals surface area contributed by atoms with Gasteiger partial charge in [-0.2, -0.15) is 0 Å². The number of aliphatic carboxylic acids is 1. The largest absolute Gasteiger partial charge is 0.494 e. The first-order valence-electron chi connectivity index (χ1n) is 8.40. The molecule has 0 saturated heterocycles. The Morgan fingerprint density at radius 1 is 1.22 bits per heavy atom. The highest BCUT2D eigenvalue weighted by Crippen LogP contribution is 2.15. The van der Waals surface area contributed by atoms with E-state index in [4.69, 9.17) is 4.74 Å². The zero-order chi connectivity index (χ0) is 19.8. The minimum absolute atomic E-state index is 0.0838. The van der Waals surface area contributed by atoms with Crippen molar-refractivity contribution in [2.24, 2.45) is 5.92 Å². The molecule has 27 heavy (non-hydrogen) atoms. The number of nitrogens with one attached hydrogen (secondary N) is 2. The number of carbonyl (C=O) groups is 2. The predicted octanol–water partition coefficient (Wildman–Crippen LogP) is -0.00500. The quantitative estimate of drug-likeness (QED) is 0.565. The number of hydrogen-bond acceptors (Lipinski definition) is 5. The number of carbonyl (C=O) groups excluding carboxylic acids is 1. The van der Waals surface area contributed by atoms with Gasteiger partial charge < -0.3 is 15.2 Å². The topological polar surface area (TPSA) is 130 Å². The second kappa shape index (κ2) is 9.37. The number of carboxylic acid groups (broad SMARTS) is 1. The monoisotopic (exact) mass is 375 g/mol. The standard InChI is InChI=1S/C18H21N3O6/c1-2-27-14-5-3-12(4-6-14)9-13(17(24)25)10-19-16(23)11-21-8-7-15(22)20-18(21)26/h3-8,13H,2,9-11H2,1H3,(H,19,23)(H,24,25)(H,20,22,26). The van der Waals surface area contributed by atoms with E-state index in [1.165, 1.54) is 6.20 Å². The Kier molecular flexibility index (Phi) is 6.93. The van der Waals surface area contributed by atoms with E-state index in [0.717, 1.165) is 16.2 Å². The minimum Gasteiger partial charge on any atom is -0.494 e. The van der Waals surface area contributed by atoms with Gasteiger partial charge in [-0.05, 0) is 31.0 Å². The van der Waals surface area contributed by atoms with E-state index in [2.05, 4.69) is 5.32 Å². The lowest BCUT2D eigenvalue weighted by atomic mass is 9.99. The molecule has 0 aliphatic carbocycles. The van der Waals surface area contributed by atoms with E-state index >= 15 is 0 Å². The molecule has 1 aromatic carbocycles. The average molecular weight is 375 g/mol. The number of amides is 1. The van der Waals surface area contributed by atoms with Crippen LogP contribution in [-0.4, -0.2) is 39.7 Å². The molecule has 2 rings (SSSR count). The van der Waals surface area contributed by atoms with Crippen molar-refractivity contribution in [2.45, 2.75) is 19.9 Å². The van der Waals surface area contributed by atoms with Crippen LogP contribution in [0.25, 0.3) is 0 Å². The predicted molar refractivity (Wildman–Crippen MR) is 96.8 cm³/mol. The number of aromatic nitrogens is 2. The fraction of sp³-hybridized carbons (Fsp3) is 0.333. The molecule has 9 nitrogen and oxygen atoms in total. The Bertz CT molecular complexity index is 900. The first-order chi connectivity index (χ1) is 12.9. The fourth-order valence-corrected chi connectivity index (χ4v) is 2.44. The summed E-state index contributed by atoms with van der Waals surface area (Å²) >= 11 is 0. The second-order valence-corrected chi connectivity index (χ2v) is 5.86. The van der Waals surface area contributed by atoms with Crippen molar-refractivity contribution in [3.63, 3.8) is 0 Å². The van der Waals surface area contributed by atoms with Gasteiger partial charge in [0.2, 0.25) is 5.91 Å².